The fraction of sp³-hybridized carbons (Fsp3) is 0.438. The summed E-state index contributed by atoms with van der Waals surface area (Å²) in [5, 5.41) is 14.1. The van der Waals surface area contributed by atoms with Crippen LogP contribution >= 0.6 is 0 Å². The number of para-hydroxylation sites is 2. The second kappa shape index (κ2) is 15.9. The van der Waals surface area contributed by atoms with E-state index in [1.165, 1.54) is 24.4 Å². The van der Waals surface area contributed by atoms with Crippen LogP contribution < -0.4 is 11.1 Å². The van der Waals surface area contributed by atoms with Gasteiger partial charge in [0.15, 0.2) is 0 Å². The lowest BCUT2D eigenvalue weighted by Gasteiger charge is -2.29. The number of amides is 2. The highest BCUT2D eigenvalue weighted by Gasteiger charge is 2.31. The van der Waals surface area contributed by atoms with Gasteiger partial charge in [-0.15, -0.1) is 0 Å². The molecular formula is C32H39FN4O7. The number of nitrogens with one attached hydrogen (secondary N) is 1. The van der Waals surface area contributed by atoms with Crippen LogP contribution in [0.3, 0.4) is 0 Å². The van der Waals surface area contributed by atoms with Crippen LogP contribution in [0.15, 0.2) is 54.7 Å². The monoisotopic (exact) mass is 610 g/mol. The fourth-order valence-corrected chi connectivity index (χ4v) is 4.71. The first kappa shape index (κ1) is 34.0. The largest absolute Gasteiger partial charge is 0.466 e. The molecule has 0 saturated heterocycles. The van der Waals surface area contributed by atoms with Crippen LogP contribution in [-0.4, -0.2) is 63.2 Å². The number of hydrogen-bond donors (Lipinski definition) is 3. The third kappa shape index (κ3) is 10.7. The molecule has 3 rings (SSSR count). The lowest BCUT2D eigenvalue weighted by Crippen LogP contribution is -2.46. The lowest BCUT2D eigenvalue weighted by atomic mass is 9.87. The van der Waals surface area contributed by atoms with E-state index in [0.717, 1.165) is 0 Å². The maximum absolute atomic E-state index is 13.9. The number of fused-ring (bicyclic) bond motifs is 1. The molecule has 12 heteroatoms. The van der Waals surface area contributed by atoms with Crippen LogP contribution in [0.2, 0.25) is 0 Å². The number of halogens is 1. The predicted octanol–water partition coefficient (Wildman–Crippen LogP) is 3.41. The van der Waals surface area contributed by atoms with E-state index in [1.807, 2.05) is 0 Å². The second-order valence-corrected chi connectivity index (χ2v) is 11.1. The number of benzene rings is 2. The SMILES string of the molecule is CCOC(=O)CCC(=O)OC(C)(C)CCC(CC(O)C(Cc1cccc(F)c1)NC(=O)c1cnc2ccccc2n1)C(N)=O. The molecule has 0 saturated carbocycles. The van der Waals surface area contributed by atoms with Crippen molar-refractivity contribution in [2.75, 3.05) is 6.61 Å². The number of aliphatic hydroxyl groups is 1. The van der Waals surface area contributed by atoms with Gasteiger partial charge in [-0.2, -0.15) is 0 Å². The molecule has 2 aromatic carbocycles. The zero-order valence-electron chi connectivity index (χ0n) is 25.1. The Balaban J connectivity index is 1.70. The quantitative estimate of drug-likeness (QED) is 0.206. The van der Waals surface area contributed by atoms with Crippen LogP contribution in [0.5, 0.6) is 0 Å². The Labute approximate surface area is 255 Å². The number of carbonyl (C=O) groups is 4. The van der Waals surface area contributed by atoms with Crippen molar-refractivity contribution in [3.8, 4) is 0 Å². The maximum atomic E-state index is 13.9. The Morgan fingerprint density at radius 2 is 1.75 bits per heavy atom. The number of carbonyl (C=O) groups excluding carboxylic acids is 4. The molecule has 0 fully saturated rings. The topological polar surface area (TPSA) is 171 Å². The van der Waals surface area contributed by atoms with E-state index >= 15 is 0 Å². The average molecular weight is 611 g/mol. The van der Waals surface area contributed by atoms with Gasteiger partial charge in [-0.05, 0) is 76.3 Å². The number of hydrogen-bond acceptors (Lipinski definition) is 9. The first-order valence-electron chi connectivity index (χ1n) is 14.5. The molecule has 11 nitrogen and oxygen atoms in total. The summed E-state index contributed by atoms with van der Waals surface area (Å²) < 4.78 is 24.3. The van der Waals surface area contributed by atoms with Gasteiger partial charge in [0.1, 0.15) is 17.1 Å². The number of nitrogens with two attached hydrogens (primary N) is 1. The molecule has 0 aliphatic heterocycles. The smallest absolute Gasteiger partial charge is 0.306 e. The number of aromatic nitrogens is 2. The minimum atomic E-state index is -1.26. The summed E-state index contributed by atoms with van der Waals surface area (Å²) in [4.78, 5) is 58.0. The van der Waals surface area contributed by atoms with E-state index in [-0.39, 0.29) is 50.8 Å². The highest BCUT2D eigenvalue weighted by molar-refractivity contribution is 5.94. The van der Waals surface area contributed by atoms with Crippen molar-refractivity contribution >= 4 is 34.8 Å². The van der Waals surface area contributed by atoms with Crippen molar-refractivity contribution in [3.63, 3.8) is 0 Å². The molecule has 3 unspecified atom stereocenters. The molecule has 0 radical (unpaired) electrons. The second-order valence-electron chi connectivity index (χ2n) is 11.1. The van der Waals surface area contributed by atoms with Gasteiger partial charge in [0.25, 0.3) is 5.91 Å². The Morgan fingerprint density at radius 1 is 1.05 bits per heavy atom. The predicted molar refractivity (Wildman–Crippen MR) is 159 cm³/mol. The third-order valence-corrected chi connectivity index (χ3v) is 7.06. The average Bonchev–Trinajstić information content (AvgIpc) is 2.97. The van der Waals surface area contributed by atoms with Gasteiger partial charge >= 0.3 is 11.9 Å². The number of esters is 2. The van der Waals surface area contributed by atoms with Crippen molar-refractivity contribution in [1.82, 2.24) is 15.3 Å². The number of nitrogens with zero attached hydrogens (tertiary/aromatic N) is 2. The van der Waals surface area contributed by atoms with Crippen molar-refractivity contribution in [1.29, 1.82) is 0 Å². The molecular weight excluding hydrogens is 571 g/mol. The number of aliphatic hydroxyl groups excluding tert-OH is 1. The molecule has 3 atom stereocenters. The summed E-state index contributed by atoms with van der Waals surface area (Å²) in [6.07, 6.45) is 0.139. The minimum Gasteiger partial charge on any atom is -0.466 e. The van der Waals surface area contributed by atoms with E-state index in [9.17, 15) is 28.7 Å². The summed E-state index contributed by atoms with van der Waals surface area (Å²) in [6.45, 7) is 5.22. The van der Waals surface area contributed by atoms with Gasteiger partial charge < -0.3 is 25.6 Å². The Hall–Kier alpha value is -4.45. The van der Waals surface area contributed by atoms with Crippen molar-refractivity contribution in [3.05, 3.63) is 71.8 Å². The van der Waals surface area contributed by atoms with Crippen molar-refractivity contribution in [2.45, 2.75) is 77.0 Å². The Morgan fingerprint density at radius 3 is 2.43 bits per heavy atom. The van der Waals surface area contributed by atoms with E-state index in [4.69, 9.17) is 15.2 Å². The molecule has 0 spiro atoms. The van der Waals surface area contributed by atoms with E-state index in [1.54, 1.807) is 51.1 Å². The van der Waals surface area contributed by atoms with Gasteiger partial charge in [-0.1, -0.05) is 24.3 Å². The van der Waals surface area contributed by atoms with Crippen molar-refractivity contribution < 1.29 is 38.1 Å². The molecule has 3 aromatic rings. The van der Waals surface area contributed by atoms with Crippen molar-refractivity contribution in [2.24, 2.45) is 11.7 Å². The summed E-state index contributed by atoms with van der Waals surface area (Å²) in [7, 11) is 0. The first-order valence-corrected chi connectivity index (χ1v) is 14.5. The Bertz CT molecular complexity index is 1470. The molecule has 4 N–H and O–H groups in total. The highest BCUT2D eigenvalue weighted by Crippen LogP contribution is 2.25. The first-order chi connectivity index (χ1) is 20.9. The Kier molecular flexibility index (Phi) is 12.3. The standard InChI is InChI=1S/C32H39FN4O7/c1-4-43-28(39)12-13-29(40)44-32(2,3)15-14-21(30(34)41)18-27(38)25(17-20-8-7-9-22(33)16-20)37-31(42)26-19-35-23-10-5-6-11-24(23)36-26/h5-11,16,19,21,25,27,38H,4,12-15,17-18H2,1-3H3,(H2,34,41)(H,37,42). The molecule has 1 heterocycles. The third-order valence-electron chi connectivity index (χ3n) is 7.06. The van der Waals surface area contributed by atoms with Crippen LogP contribution in [0, 0.1) is 11.7 Å². The van der Waals surface area contributed by atoms with Crippen LogP contribution in [0.1, 0.15) is 68.9 Å². The summed E-state index contributed by atoms with van der Waals surface area (Å²) in [5.41, 5.74) is 6.35. The molecule has 1 aromatic heterocycles. The lowest BCUT2D eigenvalue weighted by molar-refractivity contribution is -0.160. The van der Waals surface area contributed by atoms with E-state index < -0.39 is 53.2 Å². The number of ether oxygens (including phenoxy) is 2. The van der Waals surface area contributed by atoms with E-state index in [0.29, 0.717) is 16.6 Å². The molecule has 0 aliphatic carbocycles. The van der Waals surface area contributed by atoms with Gasteiger partial charge in [-0.25, -0.2) is 9.37 Å². The maximum Gasteiger partial charge on any atom is 0.306 e. The minimum absolute atomic E-state index is 0.0260. The van der Waals surface area contributed by atoms with Gasteiger partial charge in [-0.3, -0.25) is 24.2 Å². The fourth-order valence-electron chi connectivity index (χ4n) is 4.71. The summed E-state index contributed by atoms with van der Waals surface area (Å²) in [6, 6.07) is 11.9. The summed E-state index contributed by atoms with van der Waals surface area (Å²) >= 11 is 0. The highest BCUT2D eigenvalue weighted by atomic mass is 19.1. The zero-order valence-corrected chi connectivity index (χ0v) is 25.1. The molecule has 0 bridgehead atoms. The molecule has 44 heavy (non-hydrogen) atoms. The number of primary amides is 1. The molecule has 236 valence electrons. The van der Waals surface area contributed by atoms with Gasteiger partial charge in [0.05, 0.1) is 48.8 Å². The van der Waals surface area contributed by atoms with Gasteiger partial charge in [0, 0.05) is 5.92 Å². The van der Waals surface area contributed by atoms with Gasteiger partial charge in [0.2, 0.25) is 5.91 Å². The molecule has 0 aliphatic rings. The number of rotatable bonds is 16. The van der Waals surface area contributed by atoms with Crippen LogP contribution in [0.4, 0.5) is 4.39 Å². The zero-order chi connectivity index (χ0) is 32.3. The van der Waals surface area contributed by atoms with Crippen LogP contribution in [0.25, 0.3) is 11.0 Å². The van der Waals surface area contributed by atoms with E-state index in [2.05, 4.69) is 15.3 Å². The summed E-state index contributed by atoms with van der Waals surface area (Å²) in [5.74, 6) is -3.68. The molecule has 2 amide bonds. The van der Waals surface area contributed by atoms with Crippen LogP contribution in [-0.2, 0) is 30.3 Å². The normalized spacial score (nSPS) is 13.5.